The summed E-state index contributed by atoms with van der Waals surface area (Å²) in [6.07, 6.45) is 2.86. The summed E-state index contributed by atoms with van der Waals surface area (Å²) < 4.78 is 30.0. The molecule has 1 aliphatic rings. The molecule has 0 bridgehead atoms. The number of amides is 1. The van der Waals surface area contributed by atoms with Crippen molar-refractivity contribution < 1.29 is 23.4 Å². The lowest BCUT2D eigenvalue weighted by Gasteiger charge is -2.20. The van der Waals surface area contributed by atoms with Crippen molar-refractivity contribution in [3.05, 3.63) is 52.8 Å². The Morgan fingerprint density at radius 2 is 2.08 bits per heavy atom. The Morgan fingerprint density at radius 1 is 1.28 bits per heavy atom. The number of carbonyl (C=O) groups excluding carboxylic acids is 1. The van der Waals surface area contributed by atoms with E-state index in [2.05, 4.69) is 5.32 Å². The van der Waals surface area contributed by atoms with Gasteiger partial charge in [-0.25, -0.2) is 4.39 Å². The van der Waals surface area contributed by atoms with Crippen molar-refractivity contribution in [1.82, 2.24) is 0 Å². The van der Waals surface area contributed by atoms with Crippen LogP contribution < -0.4 is 19.5 Å². The van der Waals surface area contributed by atoms with Gasteiger partial charge in [-0.1, -0.05) is 11.6 Å². The number of carbonyl (C=O) groups is 1. The topological polar surface area (TPSA) is 56.8 Å². The van der Waals surface area contributed by atoms with E-state index in [0.717, 1.165) is 6.07 Å². The number of hydrogen-bond acceptors (Lipinski definition) is 4. The molecule has 25 heavy (non-hydrogen) atoms. The predicted molar refractivity (Wildman–Crippen MR) is 93.1 cm³/mol. The first kappa shape index (κ1) is 17.1. The zero-order valence-corrected chi connectivity index (χ0v) is 14.1. The van der Waals surface area contributed by atoms with E-state index in [9.17, 15) is 9.18 Å². The average molecular weight is 364 g/mol. The van der Waals surface area contributed by atoms with Crippen LogP contribution in [0.4, 0.5) is 10.1 Å². The highest BCUT2D eigenvalue weighted by Gasteiger charge is 2.17. The third-order valence-electron chi connectivity index (χ3n) is 3.47. The Kier molecular flexibility index (Phi) is 5.09. The summed E-state index contributed by atoms with van der Waals surface area (Å²) in [7, 11) is 1.52. The summed E-state index contributed by atoms with van der Waals surface area (Å²) in [6, 6.07) is 7.49. The van der Waals surface area contributed by atoms with Gasteiger partial charge in [0.1, 0.15) is 19.0 Å². The Labute approximate surface area is 149 Å². The molecule has 0 saturated carbocycles. The number of fused-ring (bicyclic) bond motifs is 1. The molecule has 0 aliphatic carbocycles. The molecule has 0 unspecified atom stereocenters. The number of anilines is 1. The predicted octanol–water partition coefficient (Wildman–Crippen LogP) is 3.91. The van der Waals surface area contributed by atoms with Crippen molar-refractivity contribution in [2.45, 2.75) is 0 Å². The molecule has 130 valence electrons. The van der Waals surface area contributed by atoms with E-state index in [-0.39, 0.29) is 10.7 Å². The first-order valence-electron chi connectivity index (χ1n) is 7.48. The number of ether oxygens (including phenoxy) is 3. The van der Waals surface area contributed by atoms with E-state index >= 15 is 0 Å². The van der Waals surface area contributed by atoms with Crippen molar-refractivity contribution >= 4 is 29.3 Å². The van der Waals surface area contributed by atoms with E-state index in [1.807, 2.05) is 0 Å². The average Bonchev–Trinajstić information content (AvgIpc) is 2.61. The molecule has 0 fully saturated rings. The fourth-order valence-electron chi connectivity index (χ4n) is 2.33. The van der Waals surface area contributed by atoms with Gasteiger partial charge in [0.25, 0.3) is 0 Å². The number of methoxy groups -OCH3 is 1. The molecule has 7 heteroatoms. The van der Waals surface area contributed by atoms with Gasteiger partial charge < -0.3 is 19.5 Å². The van der Waals surface area contributed by atoms with Gasteiger partial charge in [0.15, 0.2) is 11.5 Å². The first-order valence-corrected chi connectivity index (χ1v) is 7.86. The van der Waals surface area contributed by atoms with Crippen molar-refractivity contribution in [1.29, 1.82) is 0 Å². The normalized spacial score (nSPS) is 12.9. The highest BCUT2D eigenvalue weighted by atomic mass is 35.5. The van der Waals surface area contributed by atoms with Gasteiger partial charge in [0, 0.05) is 11.1 Å². The minimum atomic E-state index is -0.602. The van der Waals surface area contributed by atoms with Gasteiger partial charge in [-0.3, -0.25) is 4.79 Å². The van der Waals surface area contributed by atoms with E-state index in [0.29, 0.717) is 36.0 Å². The SMILES string of the molecule is COc1cc(/C=C/C(=O)Nc2ccc(Cl)cc2F)cc2c1OCCO2. The molecule has 1 aliphatic heterocycles. The lowest BCUT2D eigenvalue weighted by molar-refractivity contribution is -0.111. The molecule has 1 amide bonds. The molecule has 0 spiro atoms. The summed E-state index contributed by atoms with van der Waals surface area (Å²) >= 11 is 5.68. The lowest BCUT2D eigenvalue weighted by atomic mass is 10.1. The monoisotopic (exact) mass is 363 g/mol. The first-order chi connectivity index (χ1) is 12.1. The molecule has 0 saturated heterocycles. The largest absolute Gasteiger partial charge is 0.493 e. The summed E-state index contributed by atoms with van der Waals surface area (Å²) in [5.41, 5.74) is 0.742. The third kappa shape index (κ3) is 4.03. The van der Waals surface area contributed by atoms with Crippen molar-refractivity contribution in [2.75, 3.05) is 25.6 Å². The smallest absolute Gasteiger partial charge is 0.248 e. The Morgan fingerprint density at radius 3 is 2.84 bits per heavy atom. The van der Waals surface area contributed by atoms with Crippen LogP contribution in [0.15, 0.2) is 36.4 Å². The number of nitrogens with one attached hydrogen (secondary N) is 1. The third-order valence-corrected chi connectivity index (χ3v) is 3.70. The molecule has 0 aromatic heterocycles. The zero-order chi connectivity index (χ0) is 17.8. The van der Waals surface area contributed by atoms with Crippen LogP contribution in [0, 0.1) is 5.82 Å². The Hall–Kier alpha value is -2.73. The number of hydrogen-bond donors (Lipinski definition) is 1. The molecular weight excluding hydrogens is 349 g/mol. The number of halogens is 2. The van der Waals surface area contributed by atoms with E-state index in [1.54, 1.807) is 18.2 Å². The van der Waals surface area contributed by atoms with Gasteiger partial charge in [0.2, 0.25) is 11.7 Å². The van der Waals surface area contributed by atoms with Gasteiger partial charge in [-0.15, -0.1) is 0 Å². The summed E-state index contributed by atoms with van der Waals surface area (Å²) in [5.74, 6) is 0.527. The van der Waals surface area contributed by atoms with Crippen molar-refractivity contribution in [2.24, 2.45) is 0 Å². The second-order valence-electron chi connectivity index (χ2n) is 5.19. The lowest BCUT2D eigenvalue weighted by Crippen LogP contribution is -2.16. The quantitative estimate of drug-likeness (QED) is 0.837. The van der Waals surface area contributed by atoms with Crippen LogP contribution >= 0.6 is 11.6 Å². The maximum absolute atomic E-state index is 13.7. The van der Waals surface area contributed by atoms with Crippen molar-refractivity contribution in [3.63, 3.8) is 0 Å². The fraction of sp³-hybridized carbons (Fsp3) is 0.167. The maximum Gasteiger partial charge on any atom is 0.248 e. The van der Waals surface area contributed by atoms with E-state index in [1.165, 1.54) is 25.3 Å². The van der Waals surface area contributed by atoms with E-state index in [4.69, 9.17) is 25.8 Å². The van der Waals surface area contributed by atoms with Crippen LogP contribution in [0.3, 0.4) is 0 Å². The molecule has 2 aromatic rings. The van der Waals surface area contributed by atoms with Crippen LogP contribution in [-0.2, 0) is 4.79 Å². The van der Waals surface area contributed by atoms with Crippen LogP contribution in [-0.4, -0.2) is 26.2 Å². The highest BCUT2D eigenvalue weighted by Crippen LogP contribution is 2.40. The molecule has 5 nitrogen and oxygen atoms in total. The minimum Gasteiger partial charge on any atom is -0.493 e. The van der Waals surface area contributed by atoms with Crippen LogP contribution in [0.2, 0.25) is 5.02 Å². The minimum absolute atomic E-state index is 0.0544. The molecule has 0 atom stereocenters. The highest BCUT2D eigenvalue weighted by molar-refractivity contribution is 6.30. The number of benzene rings is 2. The standard InChI is InChI=1S/C18H15ClFNO4/c1-23-15-8-11(9-16-18(15)25-7-6-24-16)2-5-17(22)21-14-4-3-12(19)10-13(14)20/h2-5,8-10H,6-7H2,1H3,(H,21,22)/b5-2+. The molecule has 0 radical (unpaired) electrons. The van der Waals surface area contributed by atoms with Gasteiger partial charge in [-0.2, -0.15) is 0 Å². The van der Waals surface area contributed by atoms with Crippen LogP contribution in [0.1, 0.15) is 5.56 Å². The van der Waals surface area contributed by atoms with E-state index < -0.39 is 11.7 Å². The Balaban J connectivity index is 1.76. The second kappa shape index (κ2) is 7.44. The fourth-order valence-corrected chi connectivity index (χ4v) is 2.49. The van der Waals surface area contributed by atoms with Crippen LogP contribution in [0.5, 0.6) is 17.2 Å². The maximum atomic E-state index is 13.7. The van der Waals surface area contributed by atoms with Gasteiger partial charge >= 0.3 is 0 Å². The number of rotatable bonds is 4. The second-order valence-corrected chi connectivity index (χ2v) is 5.63. The van der Waals surface area contributed by atoms with Gasteiger partial charge in [-0.05, 0) is 42.0 Å². The summed E-state index contributed by atoms with van der Waals surface area (Å²) in [4.78, 5) is 12.0. The molecule has 3 rings (SSSR count). The van der Waals surface area contributed by atoms with Crippen molar-refractivity contribution in [3.8, 4) is 17.2 Å². The molecule has 1 heterocycles. The van der Waals surface area contributed by atoms with Gasteiger partial charge in [0.05, 0.1) is 12.8 Å². The molecular formula is C18H15ClFNO4. The molecule has 2 aromatic carbocycles. The summed E-state index contributed by atoms with van der Waals surface area (Å²) in [6.45, 7) is 0.896. The Bertz CT molecular complexity index is 821. The zero-order valence-electron chi connectivity index (χ0n) is 13.3. The van der Waals surface area contributed by atoms with Crippen LogP contribution in [0.25, 0.3) is 6.08 Å². The summed E-state index contributed by atoms with van der Waals surface area (Å²) in [5, 5.41) is 2.71. The molecule has 1 N–H and O–H groups in total.